The number of imide groups is 1. The second-order valence-electron chi connectivity index (χ2n) is 10.7. The third-order valence-corrected chi connectivity index (χ3v) is 10.0. The summed E-state index contributed by atoms with van der Waals surface area (Å²) in [6, 6.07) is 11.6. The first-order chi connectivity index (χ1) is 16.8. The molecule has 5 fully saturated rings. The fraction of sp³-hybridized carbons (Fsp3) is 0.429. The van der Waals surface area contributed by atoms with Gasteiger partial charge in [0.2, 0.25) is 0 Å². The topological polar surface area (TPSA) is 46.6 Å². The highest BCUT2D eigenvalue weighted by Gasteiger charge is 2.51. The van der Waals surface area contributed by atoms with Crippen LogP contribution >= 0.6 is 35.0 Å². The predicted octanol–water partition coefficient (Wildman–Crippen LogP) is 7.71. The molecule has 35 heavy (non-hydrogen) atoms. The molecule has 0 spiro atoms. The lowest BCUT2D eigenvalue weighted by Crippen LogP contribution is -2.48. The summed E-state index contributed by atoms with van der Waals surface area (Å²) in [5, 5.41) is 0.553. The Morgan fingerprint density at radius 2 is 1.69 bits per heavy atom. The summed E-state index contributed by atoms with van der Waals surface area (Å²) < 4.78 is 5.65. The molecular formula is C28H27Cl2NO3S. The van der Waals surface area contributed by atoms with Gasteiger partial charge in [-0.15, -0.1) is 0 Å². The van der Waals surface area contributed by atoms with Crippen LogP contribution in [0.5, 0.6) is 5.75 Å². The first-order valence-electron chi connectivity index (χ1n) is 12.2. The molecule has 4 saturated carbocycles. The molecule has 2 aromatic carbocycles. The highest BCUT2D eigenvalue weighted by Crippen LogP contribution is 2.61. The fourth-order valence-electron chi connectivity index (χ4n) is 7.24. The van der Waals surface area contributed by atoms with Crippen LogP contribution < -0.4 is 4.74 Å². The molecule has 7 rings (SSSR count). The van der Waals surface area contributed by atoms with E-state index in [1.807, 2.05) is 12.1 Å². The van der Waals surface area contributed by atoms with Gasteiger partial charge in [-0.05, 0) is 115 Å². The molecule has 182 valence electrons. The number of nitrogens with zero attached hydrogens (tertiary/aromatic N) is 1. The zero-order valence-corrected chi connectivity index (χ0v) is 21.9. The van der Waals surface area contributed by atoms with Gasteiger partial charge in [-0.1, -0.05) is 35.3 Å². The molecule has 0 aromatic heterocycles. The van der Waals surface area contributed by atoms with Crippen molar-refractivity contribution in [2.24, 2.45) is 17.8 Å². The van der Waals surface area contributed by atoms with Gasteiger partial charge < -0.3 is 4.74 Å². The highest BCUT2D eigenvalue weighted by atomic mass is 35.5. The number of rotatable bonds is 5. The van der Waals surface area contributed by atoms with E-state index in [-0.39, 0.29) is 23.1 Å². The predicted molar refractivity (Wildman–Crippen MR) is 141 cm³/mol. The van der Waals surface area contributed by atoms with E-state index in [4.69, 9.17) is 27.9 Å². The second-order valence-corrected chi connectivity index (χ2v) is 12.5. The number of hydrogen-bond acceptors (Lipinski definition) is 4. The lowest BCUT2D eigenvalue weighted by molar-refractivity contribution is -0.123. The van der Waals surface area contributed by atoms with Gasteiger partial charge in [-0.3, -0.25) is 14.5 Å². The monoisotopic (exact) mass is 527 g/mol. The van der Waals surface area contributed by atoms with E-state index in [1.165, 1.54) is 49.0 Å². The van der Waals surface area contributed by atoms with Crippen LogP contribution in [0.4, 0.5) is 4.79 Å². The molecule has 1 heterocycles. The van der Waals surface area contributed by atoms with Gasteiger partial charge >= 0.3 is 0 Å². The standard InChI is InChI=1S/C28H27Cl2NO3S/c1-34-24-5-3-21(28-12-17-6-18(13-28)8-19(7-17)14-28)10-20(24)11-25-26(32)31(27(33)35-25)15-16-2-4-22(29)23(30)9-16/h2-5,9-11,17-19H,6-8,12-15H2,1H3/b25-11-. The quantitative estimate of drug-likeness (QED) is 0.373. The van der Waals surface area contributed by atoms with Gasteiger partial charge in [-0.2, -0.15) is 0 Å². The normalized spacial score (nSPS) is 30.5. The van der Waals surface area contributed by atoms with Crippen LogP contribution in [0.1, 0.15) is 55.2 Å². The molecule has 4 nitrogen and oxygen atoms in total. The van der Waals surface area contributed by atoms with E-state index in [1.54, 1.807) is 25.3 Å². The van der Waals surface area contributed by atoms with E-state index in [0.717, 1.165) is 46.4 Å². The van der Waals surface area contributed by atoms with Crippen molar-refractivity contribution in [2.45, 2.75) is 50.5 Å². The number of amides is 2. The zero-order valence-electron chi connectivity index (χ0n) is 19.6. The lowest BCUT2D eigenvalue weighted by Gasteiger charge is -2.57. The molecule has 1 saturated heterocycles. The smallest absolute Gasteiger partial charge is 0.293 e. The van der Waals surface area contributed by atoms with E-state index in [9.17, 15) is 9.59 Å². The van der Waals surface area contributed by atoms with Crippen LogP contribution in [0.3, 0.4) is 0 Å². The molecule has 7 heteroatoms. The van der Waals surface area contributed by atoms with Crippen molar-refractivity contribution < 1.29 is 14.3 Å². The Morgan fingerprint density at radius 1 is 1.00 bits per heavy atom. The minimum Gasteiger partial charge on any atom is -0.496 e. The molecule has 1 aliphatic heterocycles. The first-order valence-corrected chi connectivity index (χ1v) is 13.8. The first kappa shape index (κ1) is 23.4. The maximum atomic E-state index is 13.2. The van der Waals surface area contributed by atoms with Gasteiger partial charge in [0.05, 0.1) is 28.6 Å². The zero-order chi connectivity index (χ0) is 24.3. The van der Waals surface area contributed by atoms with E-state index in [0.29, 0.717) is 15.0 Å². The summed E-state index contributed by atoms with van der Waals surface area (Å²) in [6.07, 6.45) is 9.82. The SMILES string of the molecule is COc1ccc(C23CC4CC(CC(C4)C2)C3)cc1/C=C1\SC(=O)N(Cc2ccc(Cl)c(Cl)c2)C1=O. The maximum Gasteiger partial charge on any atom is 0.293 e. The average molecular weight is 529 g/mol. The van der Waals surface area contributed by atoms with E-state index >= 15 is 0 Å². The molecule has 0 radical (unpaired) electrons. The second kappa shape index (κ2) is 8.86. The molecule has 4 bridgehead atoms. The Morgan fingerprint density at radius 3 is 2.31 bits per heavy atom. The summed E-state index contributed by atoms with van der Waals surface area (Å²) in [5.74, 6) is 2.97. The Labute approximate surface area is 220 Å². The molecule has 5 aliphatic rings. The van der Waals surface area contributed by atoms with Gasteiger partial charge in [0.15, 0.2) is 0 Å². The summed E-state index contributed by atoms with van der Waals surface area (Å²) in [4.78, 5) is 27.6. The van der Waals surface area contributed by atoms with Crippen LogP contribution in [0, 0.1) is 17.8 Å². The number of carbonyl (C=O) groups is 2. The summed E-state index contributed by atoms with van der Waals surface area (Å²) >= 11 is 13.1. The minimum absolute atomic E-state index is 0.156. The van der Waals surface area contributed by atoms with Crippen LogP contribution in [0.25, 0.3) is 6.08 Å². The Balaban J connectivity index is 1.29. The molecule has 0 unspecified atom stereocenters. The van der Waals surface area contributed by atoms with Gasteiger partial charge in [0.25, 0.3) is 11.1 Å². The lowest BCUT2D eigenvalue weighted by atomic mass is 9.48. The third kappa shape index (κ3) is 4.20. The number of methoxy groups -OCH3 is 1. The summed E-state index contributed by atoms with van der Waals surface area (Å²) in [6.45, 7) is 0.156. The van der Waals surface area contributed by atoms with E-state index in [2.05, 4.69) is 12.1 Å². The van der Waals surface area contributed by atoms with Gasteiger partial charge in [0.1, 0.15) is 5.75 Å². The Bertz CT molecular complexity index is 1220. The fourth-order valence-corrected chi connectivity index (χ4v) is 8.39. The molecule has 4 aliphatic carbocycles. The van der Waals surface area contributed by atoms with Crippen molar-refractivity contribution in [1.29, 1.82) is 0 Å². The van der Waals surface area contributed by atoms with E-state index < -0.39 is 0 Å². The van der Waals surface area contributed by atoms with Crippen molar-refractivity contribution in [3.8, 4) is 5.75 Å². The van der Waals surface area contributed by atoms with Crippen molar-refractivity contribution in [1.82, 2.24) is 4.90 Å². The maximum absolute atomic E-state index is 13.2. The Kier molecular flexibility index (Phi) is 5.94. The van der Waals surface area contributed by atoms with Crippen LogP contribution in [0.2, 0.25) is 10.0 Å². The largest absolute Gasteiger partial charge is 0.496 e. The molecule has 2 amide bonds. The number of hydrogen-bond donors (Lipinski definition) is 0. The van der Waals surface area contributed by atoms with Gasteiger partial charge in [-0.25, -0.2) is 0 Å². The summed E-state index contributed by atoms with van der Waals surface area (Å²) in [7, 11) is 1.65. The van der Waals surface area contributed by atoms with Crippen LogP contribution in [0.15, 0.2) is 41.3 Å². The van der Waals surface area contributed by atoms with Crippen molar-refractivity contribution in [3.05, 3.63) is 68.0 Å². The molecule has 2 aromatic rings. The molecular weight excluding hydrogens is 501 g/mol. The minimum atomic E-state index is -0.298. The Hall–Kier alpha value is -1.95. The van der Waals surface area contributed by atoms with Crippen molar-refractivity contribution >= 4 is 52.2 Å². The molecule has 0 atom stereocenters. The van der Waals surface area contributed by atoms with Crippen LogP contribution in [-0.4, -0.2) is 23.2 Å². The van der Waals surface area contributed by atoms with Crippen molar-refractivity contribution in [2.75, 3.05) is 7.11 Å². The third-order valence-electron chi connectivity index (χ3n) is 8.37. The molecule has 0 N–H and O–H groups in total. The summed E-state index contributed by atoms with van der Waals surface area (Å²) in [5.41, 5.74) is 3.22. The number of benzene rings is 2. The number of ether oxygens (including phenoxy) is 1. The van der Waals surface area contributed by atoms with Gasteiger partial charge in [0, 0.05) is 5.56 Å². The van der Waals surface area contributed by atoms with Crippen LogP contribution in [-0.2, 0) is 16.8 Å². The van der Waals surface area contributed by atoms with Crippen molar-refractivity contribution in [3.63, 3.8) is 0 Å². The number of halogens is 2. The highest BCUT2D eigenvalue weighted by molar-refractivity contribution is 8.18. The average Bonchev–Trinajstić information content (AvgIpc) is 3.08. The number of carbonyl (C=O) groups excluding carboxylic acids is 2. The number of thioether (sulfide) groups is 1.